The monoisotopic (exact) mass is 203 g/mol. The fraction of sp³-hybridized carbons (Fsp3) is 0.400. The van der Waals surface area contributed by atoms with Gasteiger partial charge in [-0.15, -0.1) is 0 Å². The summed E-state index contributed by atoms with van der Waals surface area (Å²) in [6.07, 6.45) is -4.25. The Hall–Kier alpha value is -1.19. The van der Waals surface area contributed by atoms with Crippen LogP contribution < -0.4 is 5.32 Å². The standard InChI is InChI=1S/C10H12F3N/c1-7(2)14-9-5-3-8(4-6-9)10(11,12)13/h3-7,14H,1-2H3. The van der Waals surface area contributed by atoms with E-state index in [0.29, 0.717) is 5.69 Å². The van der Waals surface area contributed by atoms with Crippen molar-refractivity contribution in [2.24, 2.45) is 0 Å². The zero-order chi connectivity index (χ0) is 10.8. The van der Waals surface area contributed by atoms with Gasteiger partial charge >= 0.3 is 6.18 Å². The van der Waals surface area contributed by atoms with Crippen molar-refractivity contribution in [3.63, 3.8) is 0 Å². The molecule has 0 fully saturated rings. The Kier molecular flexibility index (Phi) is 3.03. The van der Waals surface area contributed by atoms with E-state index in [1.54, 1.807) is 0 Å². The first-order valence-corrected chi connectivity index (χ1v) is 4.33. The van der Waals surface area contributed by atoms with Gasteiger partial charge in [-0.1, -0.05) is 0 Å². The first kappa shape index (κ1) is 10.9. The van der Waals surface area contributed by atoms with Gasteiger partial charge < -0.3 is 5.32 Å². The van der Waals surface area contributed by atoms with Crippen LogP contribution in [0, 0.1) is 0 Å². The highest BCUT2D eigenvalue weighted by molar-refractivity contribution is 5.45. The molecule has 0 saturated heterocycles. The Morgan fingerprint density at radius 2 is 1.57 bits per heavy atom. The Bertz CT molecular complexity index is 287. The quantitative estimate of drug-likeness (QED) is 0.775. The molecule has 4 heteroatoms. The molecule has 0 aromatic heterocycles. The van der Waals surface area contributed by atoms with E-state index in [2.05, 4.69) is 5.32 Å². The van der Waals surface area contributed by atoms with Crippen LogP contribution in [0.2, 0.25) is 0 Å². The fourth-order valence-corrected chi connectivity index (χ4v) is 1.09. The summed E-state index contributed by atoms with van der Waals surface area (Å²) in [7, 11) is 0. The normalized spacial score (nSPS) is 11.9. The van der Waals surface area contributed by atoms with Crippen LogP contribution in [0.1, 0.15) is 19.4 Å². The van der Waals surface area contributed by atoms with Crippen molar-refractivity contribution >= 4 is 5.69 Å². The van der Waals surface area contributed by atoms with E-state index in [4.69, 9.17) is 0 Å². The van der Waals surface area contributed by atoms with Gasteiger partial charge in [0.1, 0.15) is 0 Å². The summed E-state index contributed by atoms with van der Waals surface area (Å²) in [5, 5.41) is 3.02. The third-order valence-electron chi connectivity index (χ3n) is 1.67. The average molecular weight is 203 g/mol. The molecule has 0 unspecified atom stereocenters. The van der Waals surface area contributed by atoms with Gasteiger partial charge in [0.2, 0.25) is 0 Å². The van der Waals surface area contributed by atoms with Crippen molar-refractivity contribution in [2.45, 2.75) is 26.1 Å². The number of rotatable bonds is 2. The van der Waals surface area contributed by atoms with Crippen LogP contribution in [0.3, 0.4) is 0 Å². The minimum Gasteiger partial charge on any atom is -0.383 e. The lowest BCUT2D eigenvalue weighted by atomic mass is 10.2. The van der Waals surface area contributed by atoms with E-state index in [9.17, 15) is 13.2 Å². The van der Waals surface area contributed by atoms with Gasteiger partial charge in [0.05, 0.1) is 5.56 Å². The van der Waals surface area contributed by atoms with E-state index in [1.807, 2.05) is 13.8 Å². The molecule has 0 spiro atoms. The summed E-state index contributed by atoms with van der Waals surface area (Å²) in [6.45, 7) is 3.86. The number of benzene rings is 1. The van der Waals surface area contributed by atoms with E-state index in [1.165, 1.54) is 12.1 Å². The van der Waals surface area contributed by atoms with Crippen molar-refractivity contribution in [3.8, 4) is 0 Å². The van der Waals surface area contributed by atoms with Gasteiger partial charge in [-0.25, -0.2) is 0 Å². The minimum absolute atomic E-state index is 0.215. The third kappa shape index (κ3) is 2.94. The summed E-state index contributed by atoms with van der Waals surface area (Å²) in [4.78, 5) is 0. The van der Waals surface area contributed by atoms with Crippen molar-refractivity contribution in [1.82, 2.24) is 0 Å². The summed E-state index contributed by atoms with van der Waals surface area (Å²) in [6, 6.07) is 5.23. The van der Waals surface area contributed by atoms with Crippen molar-refractivity contribution in [2.75, 3.05) is 5.32 Å². The van der Waals surface area contributed by atoms with Gasteiger partial charge in [0.15, 0.2) is 0 Å². The zero-order valence-electron chi connectivity index (χ0n) is 8.02. The number of nitrogens with one attached hydrogen (secondary N) is 1. The highest BCUT2D eigenvalue weighted by Gasteiger charge is 2.29. The van der Waals surface area contributed by atoms with Gasteiger partial charge in [0, 0.05) is 11.7 Å². The van der Waals surface area contributed by atoms with E-state index in [0.717, 1.165) is 12.1 Å². The van der Waals surface area contributed by atoms with Crippen LogP contribution in [0.5, 0.6) is 0 Å². The first-order valence-electron chi connectivity index (χ1n) is 4.33. The molecule has 0 aliphatic heterocycles. The van der Waals surface area contributed by atoms with E-state index >= 15 is 0 Å². The second-order valence-corrected chi connectivity index (χ2v) is 3.37. The Morgan fingerprint density at radius 1 is 1.07 bits per heavy atom. The van der Waals surface area contributed by atoms with Crippen molar-refractivity contribution < 1.29 is 13.2 Å². The van der Waals surface area contributed by atoms with Crippen molar-refractivity contribution in [1.29, 1.82) is 0 Å². The van der Waals surface area contributed by atoms with Crippen LogP contribution in [-0.4, -0.2) is 6.04 Å². The second-order valence-electron chi connectivity index (χ2n) is 3.37. The van der Waals surface area contributed by atoms with Crippen LogP contribution >= 0.6 is 0 Å². The minimum atomic E-state index is -4.25. The summed E-state index contributed by atoms with van der Waals surface area (Å²) >= 11 is 0. The van der Waals surface area contributed by atoms with Gasteiger partial charge in [-0.3, -0.25) is 0 Å². The maximum absolute atomic E-state index is 12.2. The smallest absolute Gasteiger partial charge is 0.383 e. The molecule has 0 aliphatic carbocycles. The molecule has 0 heterocycles. The van der Waals surface area contributed by atoms with E-state index < -0.39 is 11.7 Å². The molecule has 14 heavy (non-hydrogen) atoms. The fourth-order valence-electron chi connectivity index (χ4n) is 1.09. The first-order chi connectivity index (χ1) is 6.39. The number of hydrogen-bond acceptors (Lipinski definition) is 1. The average Bonchev–Trinajstić information content (AvgIpc) is 2.02. The van der Waals surface area contributed by atoms with Gasteiger partial charge in [-0.2, -0.15) is 13.2 Å². The van der Waals surface area contributed by atoms with Crippen LogP contribution in [0.15, 0.2) is 24.3 Å². The highest BCUT2D eigenvalue weighted by atomic mass is 19.4. The molecule has 0 bridgehead atoms. The molecule has 1 rings (SSSR count). The van der Waals surface area contributed by atoms with Crippen LogP contribution in [-0.2, 0) is 6.18 Å². The molecule has 1 aromatic rings. The predicted molar refractivity (Wildman–Crippen MR) is 50.2 cm³/mol. The molecule has 1 aromatic carbocycles. The van der Waals surface area contributed by atoms with Crippen LogP contribution in [0.4, 0.5) is 18.9 Å². The molecule has 0 saturated carbocycles. The Balaban J connectivity index is 2.79. The molecule has 0 radical (unpaired) electrons. The number of anilines is 1. The SMILES string of the molecule is CC(C)Nc1ccc(C(F)(F)F)cc1. The van der Waals surface area contributed by atoms with Crippen LogP contribution in [0.25, 0.3) is 0 Å². The predicted octanol–water partition coefficient (Wildman–Crippen LogP) is 3.53. The van der Waals surface area contributed by atoms with Crippen molar-refractivity contribution in [3.05, 3.63) is 29.8 Å². The Labute approximate surface area is 80.9 Å². The highest BCUT2D eigenvalue weighted by Crippen LogP contribution is 2.29. The summed E-state index contributed by atoms with van der Waals surface area (Å²) in [5.41, 5.74) is 0.0832. The number of alkyl halides is 3. The molecular weight excluding hydrogens is 191 g/mol. The molecule has 78 valence electrons. The molecule has 1 N–H and O–H groups in total. The van der Waals surface area contributed by atoms with E-state index in [-0.39, 0.29) is 6.04 Å². The Morgan fingerprint density at radius 3 is 1.93 bits per heavy atom. The molecule has 0 amide bonds. The zero-order valence-corrected chi connectivity index (χ0v) is 8.02. The van der Waals surface area contributed by atoms with Gasteiger partial charge in [0.25, 0.3) is 0 Å². The number of hydrogen-bond donors (Lipinski definition) is 1. The topological polar surface area (TPSA) is 12.0 Å². The number of halogens is 3. The summed E-state index contributed by atoms with van der Waals surface area (Å²) in [5.74, 6) is 0. The lowest BCUT2D eigenvalue weighted by Gasteiger charge is -2.11. The summed E-state index contributed by atoms with van der Waals surface area (Å²) < 4.78 is 36.5. The third-order valence-corrected chi connectivity index (χ3v) is 1.67. The molecule has 1 nitrogen and oxygen atoms in total. The molecule has 0 atom stereocenters. The van der Waals surface area contributed by atoms with Gasteiger partial charge in [-0.05, 0) is 38.1 Å². The maximum Gasteiger partial charge on any atom is 0.416 e. The second kappa shape index (κ2) is 3.90. The lowest BCUT2D eigenvalue weighted by Crippen LogP contribution is -2.10. The molecular formula is C10H12F3N. The lowest BCUT2D eigenvalue weighted by molar-refractivity contribution is -0.137. The largest absolute Gasteiger partial charge is 0.416 e. The maximum atomic E-state index is 12.2. The molecule has 0 aliphatic rings.